The molecular formula is C15H24N2O2. The highest BCUT2D eigenvalue weighted by atomic mass is 16.5. The summed E-state index contributed by atoms with van der Waals surface area (Å²) in [5.41, 5.74) is 7.63. The van der Waals surface area contributed by atoms with Gasteiger partial charge in [-0.25, -0.2) is 0 Å². The van der Waals surface area contributed by atoms with E-state index in [9.17, 15) is 4.79 Å². The third-order valence-electron chi connectivity index (χ3n) is 2.96. The van der Waals surface area contributed by atoms with E-state index >= 15 is 0 Å². The summed E-state index contributed by atoms with van der Waals surface area (Å²) in [4.78, 5) is 13.9. The fourth-order valence-electron chi connectivity index (χ4n) is 1.82. The lowest BCUT2D eigenvalue weighted by Gasteiger charge is -2.21. The predicted molar refractivity (Wildman–Crippen MR) is 77.7 cm³/mol. The van der Waals surface area contributed by atoms with Crippen LogP contribution >= 0.6 is 0 Å². The maximum absolute atomic E-state index is 12.1. The summed E-state index contributed by atoms with van der Waals surface area (Å²) < 4.78 is 5.35. The minimum atomic E-state index is 0.113. The van der Waals surface area contributed by atoms with Crippen molar-refractivity contribution in [3.63, 3.8) is 0 Å². The predicted octanol–water partition coefficient (Wildman–Crippen LogP) is 2.43. The van der Waals surface area contributed by atoms with Gasteiger partial charge in [-0.2, -0.15) is 0 Å². The van der Waals surface area contributed by atoms with E-state index in [1.54, 1.807) is 4.90 Å². The molecular weight excluding hydrogens is 240 g/mol. The molecule has 0 aromatic heterocycles. The molecule has 0 heterocycles. The van der Waals surface area contributed by atoms with Gasteiger partial charge in [0.05, 0.1) is 13.0 Å². The zero-order valence-corrected chi connectivity index (χ0v) is 11.9. The van der Waals surface area contributed by atoms with Gasteiger partial charge in [-0.15, -0.1) is 0 Å². The van der Waals surface area contributed by atoms with Gasteiger partial charge in [-0.1, -0.05) is 25.1 Å². The minimum Gasteiger partial charge on any atom is -0.398 e. The largest absolute Gasteiger partial charge is 0.398 e. The maximum Gasteiger partial charge on any atom is 0.225 e. The van der Waals surface area contributed by atoms with Crippen LogP contribution in [0.2, 0.25) is 0 Å². The number of nitrogens with zero attached hydrogens (tertiary/aromatic N) is 1. The molecule has 0 aliphatic heterocycles. The smallest absolute Gasteiger partial charge is 0.225 e. The lowest BCUT2D eigenvalue weighted by atomic mass is 10.1. The molecule has 1 aromatic carbocycles. The van der Waals surface area contributed by atoms with Gasteiger partial charge >= 0.3 is 0 Å². The monoisotopic (exact) mass is 264 g/mol. The Morgan fingerprint density at radius 3 is 2.63 bits per heavy atom. The zero-order valence-electron chi connectivity index (χ0n) is 11.9. The SMILES string of the molecule is CCCOCCC(=O)N(CC)Cc1ccccc1N. The molecule has 106 valence electrons. The molecule has 4 nitrogen and oxygen atoms in total. The highest BCUT2D eigenvalue weighted by molar-refractivity contribution is 5.76. The molecule has 0 atom stereocenters. The first-order valence-electron chi connectivity index (χ1n) is 6.87. The average Bonchev–Trinajstić information content (AvgIpc) is 2.42. The maximum atomic E-state index is 12.1. The average molecular weight is 264 g/mol. The number of anilines is 1. The second-order valence-corrected chi connectivity index (χ2v) is 4.47. The molecule has 0 spiro atoms. The Hall–Kier alpha value is -1.55. The van der Waals surface area contributed by atoms with Crippen LogP contribution in [0.5, 0.6) is 0 Å². The van der Waals surface area contributed by atoms with Crippen LogP contribution < -0.4 is 5.73 Å². The second-order valence-electron chi connectivity index (χ2n) is 4.47. The molecule has 0 fully saturated rings. The number of nitrogens with two attached hydrogens (primary N) is 1. The van der Waals surface area contributed by atoms with Gasteiger partial charge in [-0.05, 0) is 25.0 Å². The number of hydrogen-bond donors (Lipinski definition) is 1. The molecule has 0 bridgehead atoms. The highest BCUT2D eigenvalue weighted by Crippen LogP contribution is 2.13. The van der Waals surface area contributed by atoms with Crippen LogP contribution in [0.15, 0.2) is 24.3 Å². The Balaban J connectivity index is 2.48. The van der Waals surface area contributed by atoms with Crippen LogP contribution in [-0.4, -0.2) is 30.6 Å². The van der Waals surface area contributed by atoms with Gasteiger partial charge < -0.3 is 15.4 Å². The van der Waals surface area contributed by atoms with Crippen LogP contribution in [0.1, 0.15) is 32.3 Å². The fourth-order valence-corrected chi connectivity index (χ4v) is 1.82. The van der Waals surface area contributed by atoms with Crippen molar-refractivity contribution in [2.75, 3.05) is 25.5 Å². The van der Waals surface area contributed by atoms with Crippen LogP contribution in [-0.2, 0) is 16.1 Å². The summed E-state index contributed by atoms with van der Waals surface area (Å²) in [6.07, 6.45) is 1.41. The van der Waals surface area contributed by atoms with Crippen molar-refractivity contribution in [2.45, 2.75) is 33.2 Å². The summed E-state index contributed by atoms with van der Waals surface area (Å²) in [6.45, 7) is 6.48. The number of rotatable bonds is 8. The van der Waals surface area contributed by atoms with Crippen molar-refractivity contribution in [1.29, 1.82) is 0 Å². The van der Waals surface area contributed by atoms with E-state index in [-0.39, 0.29) is 5.91 Å². The van der Waals surface area contributed by atoms with Crippen molar-refractivity contribution in [2.24, 2.45) is 0 Å². The molecule has 1 amide bonds. The van der Waals surface area contributed by atoms with Gasteiger partial charge in [-0.3, -0.25) is 4.79 Å². The molecule has 0 aliphatic rings. The molecule has 0 aliphatic carbocycles. The molecule has 4 heteroatoms. The van der Waals surface area contributed by atoms with E-state index in [1.165, 1.54) is 0 Å². The van der Waals surface area contributed by atoms with Gasteiger partial charge in [0.2, 0.25) is 5.91 Å². The number of carbonyl (C=O) groups excluding carboxylic acids is 1. The Labute approximate surface area is 115 Å². The molecule has 0 saturated heterocycles. The van der Waals surface area contributed by atoms with Crippen molar-refractivity contribution in [3.8, 4) is 0 Å². The van der Waals surface area contributed by atoms with Crippen molar-refractivity contribution in [1.82, 2.24) is 4.90 Å². The third-order valence-corrected chi connectivity index (χ3v) is 2.96. The summed E-state index contributed by atoms with van der Waals surface area (Å²) in [6, 6.07) is 7.65. The van der Waals surface area contributed by atoms with Crippen LogP contribution in [0.4, 0.5) is 5.69 Å². The number of benzene rings is 1. The molecule has 19 heavy (non-hydrogen) atoms. The number of carbonyl (C=O) groups is 1. The summed E-state index contributed by atoms with van der Waals surface area (Å²) >= 11 is 0. The first kappa shape index (κ1) is 15.5. The van der Waals surface area contributed by atoms with E-state index in [2.05, 4.69) is 6.92 Å². The van der Waals surface area contributed by atoms with Crippen molar-refractivity contribution in [3.05, 3.63) is 29.8 Å². The normalized spacial score (nSPS) is 10.4. The second kappa shape index (κ2) is 8.53. The standard InChI is InChI=1S/C15H24N2O2/c1-3-10-19-11-9-15(18)17(4-2)12-13-7-5-6-8-14(13)16/h5-8H,3-4,9-12,16H2,1-2H3. The van der Waals surface area contributed by atoms with Gasteiger partial charge in [0.15, 0.2) is 0 Å². The van der Waals surface area contributed by atoms with Gasteiger partial charge in [0.1, 0.15) is 0 Å². The first-order chi connectivity index (χ1) is 9.19. The Morgan fingerprint density at radius 2 is 2.00 bits per heavy atom. The van der Waals surface area contributed by atoms with Gasteiger partial charge in [0, 0.05) is 25.4 Å². The summed E-state index contributed by atoms with van der Waals surface area (Å²) in [7, 11) is 0. The van der Waals surface area contributed by atoms with Crippen molar-refractivity contribution < 1.29 is 9.53 Å². The molecule has 2 N–H and O–H groups in total. The lowest BCUT2D eigenvalue weighted by Crippen LogP contribution is -2.31. The Morgan fingerprint density at radius 1 is 1.26 bits per heavy atom. The molecule has 0 radical (unpaired) electrons. The molecule has 1 rings (SSSR count). The van der Waals surface area contributed by atoms with E-state index < -0.39 is 0 Å². The topological polar surface area (TPSA) is 55.6 Å². The first-order valence-corrected chi connectivity index (χ1v) is 6.87. The Bertz CT molecular complexity index is 393. The van der Waals surface area contributed by atoms with E-state index in [4.69, 9.17) is 10.5 Å². The van der Waals surface area contributed by atoms with E-state index in [0.717, 1.165) is 17.7 Å². The van der Waals surface area contributed by atoms with Crippen LogP contribution in [0.25, 0.3) is 0 Å². The Kier molecular flexibility index (Phi) is 6.97. The van der Waals surface area contributed by atoms with Gasteiger partial charge in [0.25, 0.3) is 0 Å². The third kappa shape index (κ3) is 5.30. The summed E-state index contributed by atoms with van der Waals surface area (Å²) in [5, 5.41) is 0. The fraction of sp³-hybridized carbons (Fsp3) is 0.533. The van der Waals surface area contributed by atoms with Crippen LogP contribution in [0.3, 0.4) is 0 Å². The summed E-state index contributed by atoms with van der Waals surface area (Å²) in [5.74, 6) is 0.113. The number of amides is 1. The zero-order chi connectivity index (χ0) is 14.1. The van der Waals surface area contributed by atoms with Crippen molar-refractivity contribution >= 4 is 11.6 Å². The highest BCUT2D eigenvalue weighted by Gasteiger charge is 2.12. The quantitative estimate of drug-likeness (QED) is 0.579. The number of ether oxygens (including phenoxy) is 1. The van der Waals surface area contributed by atoms with E-state index in [1.807, 2.05) is 31.2 Å². The molecule has 0 saturated carbocycles. The number of para-hydroxylation sites is 1. The molecule has 0 unspecified atom stereocenters. The number of hydrogen-bond acceptors (Lipinski definition) is 3. The number of nitrogen functional groups attached to an aromatic ring is 1. The van der Waals surface area contributed by atoms with Crippen LogP contribution in [0, 0.1) is 0 Å². The molecule has 1 aromatic rings. The van der Waals surface area contributed by atoms with E-state index in [0.29, 0.717) is 32.7 Å². The lowest BCUT2D eigenvalue weighted by molar-refractivity contribution is -0.132. The minimum absolute atomic E-state index is 0.113.